The Bertz CT molecular complexity index is 1330. The van der Waals surface area contributed by atoms with Crippen LogP contribution in [0, 0.1) is 46.3 Å². The number of nitrogens with zero attached hydrogens (tertiary/aromatic N) is 1. The first kappa shape index (κ1) is 32.6. The van der Waals surface area contributed by atoms with Gasteiger partial charge < -0.3 is 20.5 Å². The fourth-order valence-corrected chi connectivity index (χ4v) is 11.2. The number of carbonyl (C=O) groups excluding carboxylic acids is 1. The zero-order chi connectivity index (χ0) is 31.8. The lowest BCUT2D eigenvalue weighted by Crippen LogP contribution is -2.54. The molecule has 1 aromatic carbocycles. The molecule has 6 rings (SSSR count). The van der Waals surface area contributed by atoms with E-state index in [0.717, 1.165) is 90.6 Å². The fraction of sp³-hybridized carbons (Fsp3) is 0.744. The van der Waals surface area contributed by atoms with Gasteiger partial charge in [-0.15, -0.1) is 0 Å². The summed E-state index contributed by atoms with van der Waals surface area (Å²) in [5.74, 6) is 5.67. The molecule has 4 aliphatic carbocycles. The van der Waals surface area contributed by atoms with Crippen molar-refractivity contribution in [2.75, 3.05) is 19.0 Å². The Morgan fingerprint density at radius 3 is 2.67 bits per heavy atom. The van der Waals surface area contributed by atoms with Crippen LogP contribution in [0.4, 0.5) is 5.69 Å². The summed E-state index contributed by atoms with van der Waals surface area (Å²) in [5, 5.41) is 18.3. The van der Waals surface area contributed by atoms with Gasteiger partial charge in [0, 0.05) is 36.7 Å². The lowest BCUT2D eigenvalue weighted by atomic mass is 9.44. The number of fused-ring (bicyclic) bond motifs is 6. The van der Waals surface area contributed by atoms with Gasteiger partial charge in [0.1, 0.15) is 5.75 Å². The molecule has 1 aromatic heterocycles. The van der Waals surface area contributed by atoms with E-state index in [9.17, 15) is 9.90 Å². The molecule has 4 saturated carbocycles. The Morgan fingerprint density at radius 2 is 1.84 bits per heavy atom. The highest BCUT2D eigenvalue weighted by molar-refractivity contribution is 5.91. The molecule has 10 unspecified atom stereocenters. The summed E-state index contributed by atoms with van der Waals surface area (Å²) in [6, 6.07) is 8.29. The average molecular weight is 618 g/mol. The van der Waals surface area contributed by atoms with Gasteiger partial charge in [0.2, 0.25) is 5.91 Å². The third-order valence-corrected chi connectivity index (χ3v) is 13.7. The predicted molar refractivity (Wildman–Crippen MR) is 183 cm³/mol. The highest BCUT2D eigenvalue weighted by Gasteiger charge is 2.60. The van der Waals surface area contributed by atoms with Crippen molar-refractivity contribution in [2.24, 2.45) is 46.3 Å². The predicted octanol–water partition coefficient (Wildman–Crippen LogP) is 8.38. The second-order valence-electron chi connectivity index (χ2n) is 16.1. The molecule has 1 heterocycles. The smallest absolute Gasteiger partial charge is 0.220 e. The van der Waals surface area contributed by atoms with Crippen molar-refractivity contribution < 1.29 is 14.6 Å². The van der Waals surface area contributed by atoms with Crippen molar-refractivity contribution in [1.82, 2.24) is 10.3 Å². The van der Waals surface area contributed by atoms with Crippen molar-refractivity contribution in [1.29, 1.82) is 0 Å². The maximum Gasteiger partial charge on any atom is 0.220 e. The van der Waals surface area contributed by atoms with Gasteiger partial charge in [-0.1, -0.05) is 26.8 Å². The molecule has 3 N–H and O–H groups in total. The van der Waals surface area contributed by atoms with E-state index in [0.29, 0.717) is 23.2 Å². The number of rotatable bonds is 11. The lowest BCUT2D eigenvalue weighted by Gasteiger charge is -2.61. The quantitative estimate of drug-likeness (QED) is 0.221. The first-order chi connectivity index (χ1) is 21.6. The molecule has 0 saturated heterocycles. The van der Waals surface area contributed by atoms with Crippen LogP contribution in [0.1, 0.15) is 111 Å². The van der Waals surface area contributed by atoms with E-state index in [1.165, 1.54) is 44.9 Å². The number of aliphatic hydroxyl groups is 1. The van der Waals surface area contributed by atoms with E-state index in [1.54, 1.807) is 7.11 Å². The van der Waals surface area contributed by atoms with Gasteiger partial charge in [-0.25, -0.2) is 0 Å². The van der Waals surface area contributed by atoms with Gasteiger partial charge in [-0.05, 0) is 142 Å². The van der Waals surface area contributed by atoms with Gasteiger partial charge in [-0.2, -0.15) is 0 Å². The topological polar surface area (TPSA) is 83.5 Å². The summed E-state index contributed by atoms with van der Waals surface area (Å²) >= 11 is 0. The van der Waals surface area contributed by atoms with Crippen molar-refractivity contribution in [3.05, 3.63) is 30.5 Å². The Balaban J connectivity index is 0.943. The summed E-state index contributed by atoms with van der Waals surface area (Å²) in [6.45, 7) is 10.6. The summed E-state index contributed by atoms with van der Waals surface area (Å²) in [7, 11) is 1.69. The number of anilines is 1. The Labute approximate surface area is 271 Å². The van der Waals surface area contributed by atoms with Crippen molar-refractivity contribution in [2.45, 2.75) is 123 Å². The number of hydrogen-bond acceptors (Lipinski definition) is 5. The number of pyridine rings is 1. The molecular weight excluding hydrogens is 558 g/mol. The molecular formula is C39H59N3O3. The minimum absolute atomic E-state index is 0.0634. The molecule has 2 aromatic rings. The number of amides is 1. The molecule has 45 heavy (non-hydrogen) atoms. The molecule has 0 spiro atoms. The molecule has 10 atom stereocenters. The minimum Gasteiger partial charge on any atom is -0.497 e. The number of carbonyl (C=O) groups is 1. The fourth-order valence-electron chi connectivity index (χ4n) is 11.2. The van der Waals surface area contributed by atoms with Crippen LogP contribution in [0.3, 0.4) is 0 Å². The molecule has 4 aliphatic rings. The van der Waals surface area contributed by atoms with Crippen LogP contribution in [-0.2, 0) is 4.79 Å². The lowest BCUT2D eigenvalue weighted by molar-refractivity contribution is -0.129. The van der Waals surface area contributed by atoms with Crippen LogP contribution in [0.25, 0.3) is 10.9 Å². The van der Waals surface area contributed by atoms with E-state index in [2.05, 4.69) is 49.4 Å². The normalized spacial score (nSPS) is 35.5. The van der Waals surface area contributed by atoms with Crippen LogP contribution in [0.5, 0.6) is 5.75 Å². The van der Waals surface area contributed by atoms with Crippen LogP contribution >= 0.6 is 0 Å². The largest absolute Gasteiger partial charge is 0.497 e. The molecule has 6 nitrogen and oxygen atoms in total. The van der Waals surface area contributed by atoms with E-state index in [-0.39, 0.29) is 18.1 Å². The van der Waals surface area contributed by atoms with Gasteiger partial charge in [0.15, 0.2) is 0 Å². The average Bonchev–Trinajstić information content (AvgIpc) is 3.39. The van der Waals surface area contributed by atoms with Gasteiger partial charge in [-0.3, -0.25) is 9.78 Å². The number of hydrogen-bond donors (Lipinski definition) is 3. The number of ether oxygens (including phenoxy) is 1. The SMILES string of the molecule is COc1cc(NC(C)CCCNC(=O)CCC(C)C2CCC3C4CCC5CC(O)CCC5(C)C4CCC23C)c2ncccc2c1. The minimum atomic E-state index is -0.0634. The van der Waals surface area contributed by atoms with Crippen LogP contribution < -0.4 is 15.4 Å². The molecule has 6 heteroatoms. The molecule has 4 fully saturated rings. The zero-order valence-corrected chi connectivity index (χ0v) is 28.6. The second-order valence-corrected chi connectivity index (χ2v) is 16.1. The monoisotopic (exact) mass is 617 g/mol. The molecule has 0 bridgehead atoms. The maximum absolute atomic E-state index is 12.9. The Morgan fingerprint density at radius 1 is 1.04 bits per heavy atom. The standard InChI is InChI=1S/C39H59N3O3/c1-25(32-13-14-33-31-12-11-28-23-29(43)16-18-38(28,3)34(31)17-19-39(32,33)4)10-15-36(44)40-20-6-8-26(2)42-35-24-30(45-5)22-27-9-7-21-41-37(27)35/h7,9,21-22,24-26,28-29,31-34,42-43H,6,8,10-20,23H2,1-5H3,(H,40,44). The van der Waals surface area contributed by atoms with E-state index >= 15 is 0 Å². The summed E-state index contributed by atoms with van der Waals surface area (Å²) in [6.07, 6.45) is 16.7. The highest BCUT2D eigenvalue weighted by Crippen LogP contribution is 2.68. The number of benzene rings is 1. The molecule has 248 valence electrons. The van der Waals surface area contributed by atoms with E-state index < -0.39 is 0 Å². The van der Waals surface area contributed by atoms with Crippen LogP contribution in [0.15, 0.2) is 30.5 Å². The van der Waals surface area contributed by atoms with Gasteiger partial charge >= 0.3 is 0 Å². The number of nitrogens with one attached hydrogen (secondary N) is 2. The van der Waals surface area contributed by atoms with Crippen molar-refractivity contribution >= 4 is 22.5 Å². The number of methoxy groups -OCH3 is 1. The van der Waals surface area contributed by atoms with E-state index in [4.69, 9.17) is 4.74 Å². The second kappa shape index (κ2) is 13.4. The molecule has 1 amide bonds. The van der Waals surface area contributed by atoms with Gasteiger partial charge in [0.05, 0.1) is 24.4 Å². The maximum atomic E-state index is 12.9. The first-order valence-corrected chi connectivity index (χ1v) is 18.3. The summed E-state index contributed by atoms with van der Waals surface area (Å²) < 4.78 is 5.50. The third kappa shape index (κ3) is 6.47. The highest BCUT2D eigenvalue weighted by atomic mass is 16.5. The van der Waals surface area contributed by atoms with Crippen LogP contribution in [0.2, 0.25) is 0 Å². The third-order valence-electron chi connectivity index (χ3n) is 13.7. The van der Waals surface area contributed by atoms with E-state index in [1.807, 2.05) is 24.4 Å². The zero-order valence-electron chi connectivity index (χ0n) is 28.6. The van der Waals surface area contributed by atoms with Gasteiger partial charge in [0.25, 0.3) is 0 Å². The number of aliphatic hydroxyl groups excluding tert-OH is 1. The molecule has 0 radical (unpaired) electrons. The Kier molecular flexibility index (Phi) is 9.71. The van der Waals surface area contributed by atoms with Crippen molar-refractivity contribution in [3.8, 4) is 5.75 Å². The first-order valence-electron chi connectivity index (χ1n) is 18.3. The Hall–Kier alpha value is -2.34. The molecule has 0 aliphatic heterocycles. The van der Waals surface area contributed by atoms with Crippen LogP contribution in [-0.4, -0.2) is 41.8 Å². The summed E-state index contributed by atoms with van der Waals surface area (Å²) in [4.78, 5) is 17.5. The number of aromatic nitrogens is 1. The summed E-state index contributed by atoms with van der Waals surface area (Å²) in [5.41, 5.74) is 2.82. The van der Waals surface area contributed by atoms with Crippen molar-refractivity contribution in [3.63, 3.8) is 0 Å².